The first-order valence-corrected chi connectivity index (χ1v) is 10.8. The second-order valence-electron chi connectivity index (χ2n) is 6.88. The standard InChI is InChI=1S/C19H16F5N3O2S2/c1-2-30-12-5-10(17(9-25)3-4-17)7-26-15(12)27-8-13-11(16(28)29)6-14(31-13)18(20,21)19(22,23)24/h5-7H,2-4,8H2,1H3,(H,26,27)(H,28,29). The van der Waals surface area contributed by atoms with Gasteiger partial charge in [0.15, 0.2) is 0 Å². The van der Waals surface area contributed by atoms with Crippen LogP contribution in [0.4, 0.5) is 27.8 Å². The molecule has 0 unspecified atom stereocenters. The molecule has 1 saturated carbocycles. The Labute approximate surface area is 182 Å². The van der Waals surface area contributed by atoms with Gasteiger partial charge in [-0.3, -0.25) is 0 Å². The van der Waals surface area contributed by atoms with Gasteiger partial charge in [-0.15, -0.1) is 23.1 Å². The third-order valence-electron chi connectivity index (χ3n) is 4.79. The summed E-state index contributed by atoms with van der Waals surface area (Å²) < 4.78 is 65.4. The van der Waals surface area contributed by atoms with Crippen molar-refractivity contribution in [3.8, 4) is 6.07 Å². The fraction of sp³-hybridized carbons (Fsp3) is 0.421. The fourth-order valence-electron chi connectivity index (χ4n) is 2.89. The molecule has 5 nitrogen and oxygen atoms in total. The van der Waals surface area contributed by atoms with Gasteiger partial charge in [0.05, 0.1) is 33.4 Å². The van der Waals surface area contributed by atoms with Crippen LogP contribution in [-0.4, -0.2) is 28.0 Å². The molecule has 2 aromatic rings. The van der Waals surface area contributed by atoms with Gasteiger partial charge in [0.1, 0.15) is 5.82 Å². The smallest absolute Gasteiger partial charge is 0.458 e. The number of aromatic nitrogens is 1. The minimum absolute atomic E-state index is 0.0902. The lowest BCUT2D eigenvalue weighted by molar-refractivity contribution is -0.287. The number of carboxylic acids is 1. The molecule has 1 aliphatic rings. The maximum Gasteiger partial charge on any atom is 0.458 e. The molecule has 0 spiro atoms. The Hall–Kier alpha value is -2.39. The van der Waals surface area contributed by atoms with E-state index in [-0.39, 0.29) is 22.8 Å². The summed E-state index contributed by atoms with van der Waals surface area (Å²) >= 11 is 1.50. The first-order valence-electron chi connectivity index (χ1n) is 9.04. The van der Waals surface area contributed by atoms with Crippen molar-refractivity contribution >= 4 is 34.9 Å². The maximum atomic E-state index is 13.7. The predicted molar refractivity (Wildman–Crippen MR) is 106 cm³/mol. The summed E-state index contributed by atoms with van der Waals surface area (Å²) in [5.41, 5.74) is -0.429. The normalized spacial score (nSPS) is 15.4. The minimum Gasteiger partial charge on any atom is -0.478 e. The van der Waals surface area contributed by atoms with Gasteiger partial charge in [-0.1, -0.05) is 6.92 Å². The average molecular weight is 477 g/mol. The van der Waals surface area contributed by atoms with Crippen LogP contribution in [0.25, 0.3) is 0 Å². The van der Waals surface area contributed by atoms with Gasteiger partial charge in [0, 0.05) is 11.1 Å². The number of nitriles is 1. The number of rotatable bonds is 8. The zero-order chi connectivity index (χ0) is 23.0. The zero-order valence-corrected chi connectivity index (χ0v) is 17.6. The van der Waals surface area contributed by atoms with Crippen LogP contribution < -0.4 is 5.32 Å². The maximum absolute atomic E-state index is 13.7. The molecule has 2 N–H and O–H groups in total. The summed E-state index contributed by atoms with van der Waals surface area (Å²) in [4.78, 5) is 14.8. The number of halogens is 5. The van der Waals surface area contributed by atoms with Crippen molar-refractivity contribution in [3.63, 3.8) is 0 Å². The van der Waals surface area contributed by atoms with Crippen LogP contribution in [0.15, 0.2) is 23.2 Å². The predicted octanol–water partition coefficient (Wildman–Crippen LogP) is 5.77. The number of hydrogen-bond donors (Lipinski definition) is 2. The molecule has 1 fully saturated rings. The van der Waals surface area contributed by atoms with Crippen LogP contribution in [0, 0.1) is 11.3 Å². The van der Waals surface area contributed by atoms with Crippen LogP contribution in [0.3, 0.4) is 0 Å². The molecule has 1 aliphatic carbocycles. The van der Waals surface area contributed by atoms with Gasteiger partial charge >= 0.3 is 18.1 Å². The highest BCUT2D eigenvalue weighted by atomic mass is 32.2. The molecule has 0 radical (unpaired) electrons. The second kappa shape index (κ2) is 8.27. The second-order valence-corrected chi connectivity index (χ2v) is 9.32. The molecule has 0 saturated heterocycles. The summed E-state index contributed by atoms with van der Waals surface area (Å²) in [7, 11) is 0. The van der Waals surface area contributed by atoms with Gasteiger partial charge in [0.2, 0.25) is 0 Å². The molecule has 0 aliphatic heterocycles. The van der Waals surface area contributed by atoms with Gasteiger partial charge in [-0.05, 0) is 36.3 Å². The number of hydrogen-bond acceptors (Lipinski definition) is 6. The molecule has 0 aromatic carbocycles. The molecule has 31 heavy (non-hydrogen) atoms. The van der Waals surface area contributed by atoms with E-state index in [2.05, 4.69) is 16.4 Å². The Bertz CT molecular complexity index is 1040. The Morgan fingerprint density at radius 1 is 1.35 bits per heavy atom. The topological polar surface area (TPSA) is 86.0 Å². The summed E-state index contributed by atoms with van der Waals surface area (Å²) in [6, 6.07) is 4.43. The van der Waals surface area contributed by atoms with Crippen molar-refractivity contribution < 1.29 is 31.9 Å². The number of nitrogens with zero attached hydrogens (tertiary/aromatic N) is 2. The van der Waals surface area contributed by atoms with E-state index in [0.717, 1.165) is 18.4 Å². The first kappa shape index (κ1) is 23.3. The van der Waals surface area contributed by atoms with E-state index in [9.17, 15) is 37.1 Å². The molecule has 166 valence electrons. The molecule has 0 amide bonds. The van der Waals surface area contributed by atoms with Crippen molar-refractivity contribution in [2.75, 3.05) is 11.1 Å². The Balaban J connectivity index is 1.89. The van der Waals surface area contributed by atoms with Crippen molar-refractivity contribution in [2.24, 2.45) is 0 Å². The van der Waals surface area contributed by atoms with Gasteiger partial charge in [-0.25, -0.2) is 9.78 Å². The number of thiophene rings is 1. The summed E-state index contributed by atoms with van der Waals surface area (Å²) in [5.74, 6) is -5.76. The number of alkyl halides is 5. The lowest BCUT2D eigenvalue weighted by Crippen LogP contribution is -2.32. The van der Waals surface area contributed by atoms with Crippen LogP contribution in [0.1, 0.15) is 45.4 Å². The largest absolute Gasteiger partial charge is 0.478 e. The molecule has 2 heterocycles. The number of carbonyl (C=O) groups is 1. The Morgan fingerprint density at radius 3 is 2.55 bits per heavy atom. The molecule has 3 rings (SSSR count). The van der Waals surface area contributed by atoms with Gasteiger partial charge in [-0.2, -0.15) is 27.2 Å². The minimum atomic E-state index is -5.83. The van der Waals surface area contributed by atoms with Crippen molar-refractivity contribution in [2.45, 2.75) is 48.7 Å². The number of nitrogens with one attached hydrogen (secondary N) is 1. The third-order valence-corrected chi connectivity index (χ3v) is 6.91. The van der Waals surface area contributed by atoms with E-state index in [1.165, 1.54) is 18.0 Å². The van der Waals surface area contributed by atoms with Crippen LogP contribution in [0.5, 0.6) is 0 Å². The summed E-state index contributed by atoms with van der Waals surface area (Å²) in [6.07, 6.45) is -2.86. The van der Waals surface area contributed by atoms with E-state index < -0.39 is 33.9 Å². The lowest BCUT2D eigenvalue weighted by atomic mass is 10.00. The van der Waals surface area contributed by atoms with E-state index in [4.69, 9.17) is 0 Å². The van der Waals surface area contributed by atoms with E-state index in [1.54, 1.807) is 6.07 Å². The third kappa shape index (κ3) is 4.48. The molecule has 0 atom stereocenters. The van der Waals surface area contributed by atoms with Crippen molar-refractivity contribution in [3.05, 3.63) is 39.2 Å². The molecule has 0 bridgehead atoms. The number of pyridine rings is 1. The highest BCUT2D eigenvalue weighted by Gasteiger charge is 2.60. The molecule has 2 aromatic heterocycles. The zero-order valence-electron chi connectivity index (χ0n) is 16.0. The van der Waals surface area contributed by atoms with E-state index >= 15 is 0 Å². The Morgan fingerprint density at radius 2 is 2.03 bits per heavy atom. The Kier molecular flexibility index (Phi) is 6.21. The highest BCUT2D eigenvalue weighted by Crippen LogP contribution is 2.49. The van der Waals surface area contributed by atoms with Gasteiger partial charge in [0.25, 0.3) is 0 Å². The molecule has 12 heteroatoms. The number of aromatic carboxylic acids is 1. The lowest BCUT2D eigenvalue weighted by Gasteiger charge is -2.17. The molecular formula is C19H16F5N3O2S2. The van der Waals surface area contributed by atoms with E-state index in [0.29, 0.717) is 22.5 Å². The summed E-state index contributed by atoms with van der Waals surface area (Å²) in [6.45, 7) is 1.60. The van der Waals surface area contributed by atoms with Crippen molar-refractivity contribution in [1.29, 1.82) is 5.26 Å². The first-order chi connectivity index (χ1) is 14.4. The van der Waals surface area contributed by atoms with Crippen LogP contribution in [0.2, 0.25) is 0 Å². The van der Waals surface area contributed by atoms with Crippen LogP contribution in [-0.2, 0) is 17.9 Å². The SMILES string of the molecule is CCSc1cc(C2(C#N)CC2)cnc1NCc1sc(C(F)(F)C(F)(F)F)cc1C(=O)O. The highest BCUT2D eigenvalue weighted by molar-refractivity contribution is 7.99. The number of thioether (sulfide) groups is 1. The number of anilines is 1. The molecular weight excluding hydrogens is 461 g/mol. The van der Waals surface area contributed by atoms with Gasteiger partial charge < -0.3 is 10.4 Å². The monoisotopic (exact) mass is 477 g/mol. The quantitative estimate of drug-likeness (QED) is 0.371. The fourth-order valence-corrected chi connectivity index (χ4v) is 4.76. The summed E-state index contributed by atoms with van der Waals surface area (Å²) in [5, 5.41) is 21.4. The van der Waals surface area contributed by atoms with E-state index in [1.807, 2.05) is 6.92 Å². The number of carboxylic acid groups (broad SMARTS) is 1. The van der Waals surface area contributed by atoms with Crippen LogP contribution >= 0.6 is 23.1 Å². The average Bonchev–Trinajstić information content (AvgIpc) is 3.37. The van der Waals surface area contributed by atoms with Crippen molar-refractivity contribution in [1.82, 2.24) is 4.98 Å².